The van der Waals surface area contributed by atoms with Gasteiger partial charge in [-0.2, -0.15) is 5.26 Å². The van der Waals surface area contributed by atoms with E-state index in [0.29, 0.717) is 30.8 Å². The van der Waals surface area contributed by atoms with Crippen LogP contribution in [0, 0.1) is 11.3 Å². The second kappa shape index (κ2) is 5.34. The Hall–Kier alpha value is -2.55. The second-order valence-corrected chi connectivity index (χ2v) is 5.93. The Morgan fingerprint density at radius 2 is 2.05 bits per heavy atom. The molecular formula is C16H17N3O3. The first-order chi connectivity index (χ1) is 10.5. The van der Waals surface area contributed by atoms with E-state index in [1.54, 1.807) is 41.1 Å². The van der Waals surface area contributed by atoms with Crippen LogP contribution in [0.25, 0.3) is 0 Å². The zero-order chi connectivity index (χ0) is 15.7. The lowest BCUT2D eigenvalue weighted by Gasteiger charge is -2.38. The summed E-state index contributed by atoms with van der Waals surface area (Å²) in [6.45, 7) is 1.59. The van der Waals surface area contributed by atoms with Crippen molar-refractivity contribution in [3.05, 3.63) is 35.4 Å². The zero-order valence-electron chi connectivity index (χ0n) is 12.4. The maximum absolute atomic E-state index is 12.6. The van der Waals surface area contributed by atoms with Crippen molar-refractivity contribution in [1.29, 1.82) is 5.26 Å². The third-order valence-corrected chi connectivity index (χ3v) is 4.23. The molecule has 2 amide bonds. The predicted molar refractivity (Wildman–Crippen MR) is 78.1 cm³/mol. The second-order valence-electron chi connectivity index (χ2n) is 5.93. The number of likely N-dealkylation sites (tertiary alicyclic amines) is 1. The summed E-state index contributed by atoms with van der Waals surface area (Å²) in [6, 6.07) is 8.63. The minimum atomic E-state index is -0.577. The van der Waals surface area contributed by atoms with Crippen molar-refractivity contribution >= 4 is 12.0 Å². The van der Waals surface area contributed by atoms with Gasteiger partial charge in [-0.25, -0.2) is 4.79 Å². The Kier molecular flexibility index (Phi) is 3.49. The molecule has 1 spiro atoms. The maximum Gasteiger partial charge on any atom is 0.410 e. The number of carbonyl (C=O) groups is 2. The molecule has 114 valence electrons. The number of rotatable bonds is 1. The highest BCUT2D eigenvalue weighted by atomic mass is 16.6. The van der Waals surface area contributed by atoms with E-state index in [4.69, 9.17) is 10.00 Å². The van der Waals surface area contributed by atoms with E-state index in [2.05, 4.69) is 0 Å². The maximum atomic E-state index is 12.6. The van der Waals surface area contributed by atoms with Crippen molar-refractivity contribution in [2.24, 2.45) is 0 Å². The summed E-state index contributed by atoms with van der Waals surface area (Å²) in [6.07, 6.45) is 1.26. The van der Waals surface area contributed by atoms with E-state index >= 15 is 0 Å². The monoisotopic (exact) mass is 299 g/mol. The molecule has 1 aromatic carbocycles. The van der Waals surface area contributed by atoms with Crippen molar-refractivity contribution in [3.8, 4) is 6.07 Å². The van der Waals surface area contributed by atoms with Crippen LogP contribution in [-0.2, 0) is 4.74 Å². The molecule has 0 unspecified atom stereocenters. The first-order valence-corrected chi connectivity index (χ1v) is 7.27. The Labute approximate surface area is 128 Å². The number of piperidine rings is 1. The molecule has 2 aliphatic heterocycles. The third-order valence-electron chi connectivity index (χ3n) is 4.23. The highest BCUT2D eigenvalue weighted by molar-refractivity contribution is 5.94. The van der Waals surface area contributed by atoms with Gasteiger partial charge in [0.05, 0.1) is 24.7 Å². The average molecular weight is 299 g/mol. The van der Waals surface area contributed by atoms with Gasteiger partial charge in [0.25, 0.3) is 5.91 Å². The van der Waals surface area contributed by atoms with E-state index in [9.17, 15) is 9.59 Å². The van der Waals surface area contributed by atoms with Crippen LogP contribution in [0.4, 0.5) is 4.79 Å². The molecule has 2 aliphatic rings. The number of hydrogen-bond acceptors (Lipinski definition) is 4. The molecule has 0 N–H and O–H groups in total. The quantitative estimate of drug-likeness (QED) is 0.789. The minimum absolute atomic E-state index is 0.0887. The predicted octanol–water partition coefficient (Wildman–Crippen LogP) is 1.62. The van der Waals surface area contributed by atoms with Gasteiger partial charge in [0.15, 0.2) is 0 Å². The molecule has 22 heavy (non-hydrogen) atoms. The largest absolute Gasteiger partial charge is 0.439 e. The number of benzene rings is 1. The Balaban J connectivity index is 1.75. The zero-order valence-corrected chi connectivity index (χ0v) is 12.4. The van der Waals surface area contributed by atoms with Gasteiger partial charge < -0.3 is 14.5 Å². The molecule has 2 saturated heterocycles. The van der Waals surface area contributed by atoms with Crippen LogP contribution in [0.2, 0.25) is 0 Å². The standard InChI is InChI=1S/C16H17N3O3/c1-18-10-16(22-15(18)21)7-2-8-19(11-16)14(20)13-5-3-12(9-17)4-6-13/h3-6H,2,7-8,10-11H2,1H3/t16-/m0/s1. The van der Waals surface area contributed by atoms with Gasteiger partial charge in [-0.3, -0.25) is 4.79 Å². The van der Waals surface area contributed by atoms with Gasteiger partial charge >= 0.3 is 6.09 Å². The molecule has 6 heteroatoms. The van der Waals surface area contributed by atoms with Crippen LogP contribution in [-0.4, -0.2) is 54.1 Å². The number of likely N-dealkylation sites (N-methyl/N-ethyl adjacent to an activating group) is 1. The van der Waals surface area contributed by atoms with Crippen LogP contribution >= 0.6 is 0 Å². The third kappa shape index (κ3) is 2.50. The van der Waals surface area contributed by atoms with Gasteiger partial charge in [0.1, 0.15) is 5.60 Å². The van der Waals surface area contributed by atoms with Crippen molar-refractivity contribution < 1.29 is 14.3 Å². The summed E-state index contributed by atoms with van der Waals surface area (Å²) in [5.41, 5.74) is 0.499. The minimum Gasteiger partial charge on any atom is -0.439 e. The Bertz CT molecular complexity index is 650. The summed E-state index contributed by atoms with van der Waals surface area (Å²) in [7, 11) is 1.71. The summed E-state index contributed by atoms with van der Waals surface area (Å²) in [5.74, 6) is -0.0887. The summed E-state index contributed by atoms with van der Waals surface area (Å²) < 4.78 is 5.50. The van der Waals surface area contributed by atoms with Crippen molar-refractivity contribution in [2.45, 2.75) is 18.4 Å². The van der Waals surface area contributed by atoms with Gasteiger partial charge in [-0.15, -0.1) is 0 Å². The molecular weight excluding hydrogens is 282 g/mol. The average Bonchev–Trinajstić information content (AvgIpc) is 2.80. The molecule has 1 atom stereocenters. The number of nitriles is 1. The molecule has 6 nitrogen and oxygen atoms in total. The van der Waals surface area contributed by atoms with Gasteiger partial charge in [-0.05, 0) is 37.1 Å². The molecule has 0 radical (unpaired) electrons. The normalized spacial score (nSPS) is 24.3. The lowest BCUT2D eigenvalue weighted by atomic mass is 9.92. The fraction of sp³-hybridized carbons (Fsp3) is 0.438. The summed E-state index contributed by atoms with van der Waals surface area (Å²) in [5, 5.41) is 8.81. The van der Waals surface area contributed by atoms with E-state index in [-0.39, 0.29) is 12.0 Å². The van der Waals surface area contributed by atoms with Gasteiger partial charge in [0, 0.05) is 19.2 Å². The molecule has 2 fully saturated rings. The van der Waals surface area contributed by atoms with Crippen LogP contribution < -0.4 is 0 Å². The SMILES string of the molecule is CN1C[C@]2(CCCN(C(=O)c3ccc(C#N)cc3)C2)OC1=O. The van der Waals surface area contributed by atoms with Crippen LogP contribution in [0.1, 0.15) is 28.8 Å². The molecule has 1 aromatic rings. The molecule has 0 bridgehead atoms. The van der Waals surface area contributed by atoms with Crippen molar-refractivity contribution in [3.63, 3.8) is 0 Å². The number of ether oxygens (including phenoxy) is 1. The van der Waals surface area contributed by atoms with Gasteiger partial charge in [-0.1, -0.05) is 0 Å². The first-order valence-electron chi connectivity index (χ1n) is 7.27. The molecule has 0 aromatic heterocycles. The fourth-order valence-corrected chi connectivity index (χ4v) is 3.15. The van der Waals surface area contributed by atoms with Crippen LogP contribution in [0.15, 0.2) is 24.3 Å². The number of amides is 2. The van der Waals surface area contributed by atoms with Crippen LogP contribution in [0.5, 0.6) is 0 Å². The number of nitrogens with zero attached hydrogens (tertiary/aromatic N) is 3. The summed E-state index contributed by atoms with van der Waals surface area (Å²) in [4.78, 5) is 27.5. The van der Waals surface area contributed by atoms with Crippen LogP contribution in [0.3, 0.4) is 0 Å². The van der Waals surface area contributed by atoms with E-state index < -0.39 is 5.60 Å². The van der Waals surface area contributed by atoms with Gasteiger partial charge in [0.2, 0.25) is 0 Å². The smallest absolute Gasteiger partial charge is 0.410 e. The highest BCUT2D eigenvalue weighted by Gasteiger charge is 2.47. The van der Waals surface area contributed by atoms with E-state index in [1.807, 2.05) is 6.07 Å². The first kappa shape index (κ1) is 14.4. The van der Waals surface area contributed by atoms with E-state index in [0.717, 1.165) is 12.8 Å². The Morgan fingerprint density at radius 1 is 1.32 bits per heavy atom. The Morgan fingerprint density at radius 3 is 2.64 bits per heavy atom. The van der Waals surface area contributed by atoms with Crippen molar-refractivity contribution in [2.75, 3.05) is 26.7 Å². The van der Waals surface area contributed by atoms with E-state index in [1.165, 1.54) is 0 Å². The number of hydrogen-bond donors (Lipinski definition) is 0. The lowest BCUT2D eigenvalue weighted by molar-refractivity contribution is -0.00521. The summed E-state index contributed by atoms with van der Waals surface area (Å²) >= 11 is 0. The van der Waals surface area contributed by atoms with Crippen molar-refractivity contribution in [1.82, 2.24) is 9.80 Å². The fourth-order valence-electron chi connectivity index (χ4n) is 3.15. The highest BCUT2D eigenvalue weighted by Crippen LogP contribution is 2.31. The number of carbonyl (C=O) groups excluding carboxylic acids is 2. The molecule has 3 rings (SSSR count). The topological polar surface area (TPSA) is 73.6 Å². The molecule has 0 aliphatic carbocycles. The molecule has 2 heterocycles. The lowest BCUT2D eigenvalue weighted by Crippen LogP contribution is -2.52. The molecule has 0 saturated carbocycles.